The van der Waals surface area contributed by atoms with E-state index in [-0.39, 0.29) is 5.91 Å². The van der Waals surface area contributed by atoms with Crippen molar-refractivity contribution in [2.75, 3.05) is 5.75 Å². The largest absolute Gasteiger partial charge is 0.353 e. The van der Waals surface area contributed by atoms with Crippen molar-refractivity contribution < 1.29 is 4.79 Å². The third-order valence-electron chi connectivity index (χ3n) is 3.37. The van der Waals surface area contributed by atoms with Gasteiger partial charge in [-0.25, -0.2) is 0 Å². The minimum absolute atomic E-state index is 0.135. The Morgan fingerprint density at radius 3 is 2.81 bits per heavy atom. The fraction of sp³-hybridized carbons (Fsp3) is 0.400. The molecule has 2 aromatic rings. The van der Waals surface area contributed by atoms with E-state index in [0.717, 1.165) is 35.1 Å². The highest BCUT2D eigenvalue weighted by Crippen LogP contribution is 2.23. The zero-order chi connectivity index (χ0) is 14.7. The summed E-state index contributed by atoms with van der Waals surface area (Å²) in [5.74, 6) is 1.70. The van der Waals surface area contributed by atoms with Crippen LogP contribution in [-0.4, -0.2) is 32.5 Å². The summed E-state index contributed by atoms with van der Waals surface area (Å²) in [6.07, 6.45) is 2.78. The van der Waals surface area contributed by atoms with Crippen LogP contribution < -0.4 is 5.32 Å². The lowest BCUT2D eigenvalue weighted by molar-refractivity contribution is -0.120. The van der Waals surface area contributed by atoms with Crippen molar-refractivity contribution >= 4 is 17.7 Å². The topological polar surface area (TPSA) is 59.8 Å². The van der Waals surface area contributed by atoms with Gasteiger partial charge in [0.15, 0.2) is 11.0 Å². The van der Waals surface area contributed by atoms with Crippen LogP contribution >= 0.6 is 11.8 Å². The zero-order valence-corrected chi connectivity index (χ0v) is 12.8. The number of nitrogens with zero attached hydrogens (tertiary/aromatic N) is 3. The molecule has 21 heavy (non-hydrogen) atoms. The highest BCUT2D eigenvalue weighted by Gasteiger charge is 2.22. The molecule has 0 aliphatic heterocycles. The Morgan fingerprint density at radius 1 is 1.33 bits per heavy atom. The summed E-state index contributed by atoms with van der Waals surface area (Å²) >= 11 is 1.57. The first-order valence-corrected chi connectivity index (χ1v) is 8.09. The molecular weight excluding hydrogens is 284 g/mol. The molecule has 1 saturated carbocycles. The monoisotopic (exact) mass is 302 g/mol. The van der Waals surface area contributed by atoms with E-state index in [1.165, 1.54) is 0 Å². The standard InChI is InChI=1S/C15H18N4OS/c1-19-14(11-5-3-2-4-6-11)17-18-15(19)21-10-9-13(20)16-12-7-8-12/h2-6,12H,7-10H2,1H3,(H,16,20). The lowest BCUT2D eigenvalue weighted by atomic mass is 10.2. The van der Waals surface area contributed by atoms with Crippen LogP contribution in [0.15, 0.2) is 35.5 Å². The lowest BCUT2D eigenvalue weighted by Gasteiger charge is -2.04. The number of thioether (sulfide) groups is 1. The van der Waals surface area contributed by atoms with Crippen molar-refractivity contribution in [2.24, 2.45) is 7.05 Å². The van der Waals surface area contributed by atoms with Crippen LogP contribution in [0.2, 0.25) is 0 Å². The van der Waals surface area contributed by atoms with Crippen molar-refractivity contribution in [3.63, 3.8) is 0 Å². The van der Waals surface area contributed by atoms with Gasteiger partial charge in [-0.3, -0.25) is 4.79 Å². The van der Waals surface area contributed by atoms with Gasteiger partial charge in [0.25, 0.3) is 0 Å². The molecule has 110 valence electrons. The summed E-state index contributed by atoms with van der Waals surface area (Å²) < 4.78 is 1.97. The smallest absolute Gasteiger partial charge is 0.221 e. The molecule has 0 saturated heterocycles. The van der Waals surface area contributed by atoms with Gasteiger partial charge in [-0.05, 0) is 12.8 Å². The van der Waals surface area contributed by atoms with E-state index in [4.69, 9.17) is 0 Å². The quantitative estimate of drug-likeness (QED) is 0.831. The third-order valence-corrected chi connectivity index (χ3v) is 4.39. The minimum Gasteiger partial charge on any atom is -0.353 e. The van der Waals surface area contributed by atoms with Crippen LogP contribution in [0.5, 0.6) is 0 Å². The Morgan fingerprint density at radius 2 is 2.10 bits per heavy atom. The Bertz CT molecular complexity index is 622. The SMILES string of the molecule is Cn1c(SCCC(=O)NC2CC2)nnc1-c1ccccc1. The van der Waals surface area contributed by atoms with Gasteiger partial charge in [-0.15, -0.1) is 10.2 Å². The van der Waals surface area contributed by atoms with Crippen molar-refractivity contribution in [3.8, 4) is 11.4 Å². The average Bonchev–Trinajstić information content (AvgIpc) is 3.23. The molecule has 1 N–H and O–H groups in total. The molecule has 1 amide bonds. The van der Waals surface area contributed by atoms with E-state index < -0.39 is 0 Å². The van der Waals surface area contributed by atoms with Crippen LogP contribution in [0.4, 0.5) is 0 Å². The van der Waals surface area contributed by atoms with E-state index in [9.17, 15) is 4.79 Å². The maximum Gasteiger partial charge on any atom is 0.221 e. The molecule has 0 unspecified atom stereocenters. The van der Waals surface area contributed by atoms with Gasteiger partial charge in [-0.2, -0.15) is 0 Å². The number of rotatable bonds is 6. The number of hydrogen-bond acceptors (Lipinski definition) is 4. The first-order valence-electron chi connectivity index (χ1n) is 7.11. The van der Waals surface area contributed by atoms with E-state index >= 15 is 0 Å². The number of carbonyl (C=O) groups excluding carboxylic acids is 1. The highest BCUT2D eigenvalue weighted by molar-refractivity contribution is 7.99. The number of nitrogens with one attached hydrogen (secondary N) is 1. The van der Waals surface area contributed by atoms with Crippen LogP contribution in [-0.2, 0) is 11.8 Å². The van der Waals surface area contributed by atoms with Crippen molar-refractivity contribution in [2.45, 2.75) is 30.5 Å². The summed E-state index contributed by atoms with van der Waals surface area (Å²) in [6.45, 7) is 0. The Balaban J connectivity index is 1.56. The van der Waals surface area contributed by atoms with Gasteiger partial charge in [0.05, 0.1) is 0 Å². The average molecular weight is 302 g/mol. The molecule has 0 atom stereocenters. The summed E-state index contributed by atoms with van der Waals surface area (Å²) in [7, 11) is 1.95. The fourth-order valence-electron chi connectivity index (χ4n) is 2.04. The molecule has 3 rings (SSSR count). The molecule has 1 fully saturated rings. The summed E-state index contributed by atoms with van der Waals surface area (Å²) in [5, 5.41) is 12.3. The van der Waals surface area contributed by atoms with E-state index in [2.05, 4.69) is 15.5 Å². The summed E-state index contributed by atoms with van der Waals surface area (Å²) in [6, 6.07) is 10.4. The molecule has 6 heteroatoms. The van der Waals surface area contributed by atoms with Gasteiger partial charge < -0.3 is 9.88 Å². The zero-order valence-electron chi connectivity index (χ0n) is 12.0. The first kappa shape index (κ1) is 14.1. The molecule has 1 aliphatic carbocycles. The normalized spacial score (nSPS) is 14.1. The first-order chi connectivity index (χ1) is 10.2. The molecule has 5 nitrogen and oxygen atoms in total. The van der Waals surface area contributed by atoms with Gasteiger partial charge >= 0.3 is 0 Å². The predicted molar refractivity (Wildman–Crippen MR) is 82.9 cm³/mol. The maximum atomic E-state index is 11.6. The number of benzene rings is 1. The predicted octanol–water partition coefficient (Wildman–Crippen LogP) is 2.24. The van der Waals surface area contributed by atoms with E-state index in [1.54, 1.807) is 11.8 Å². The van der Waals surface area contributed by atoms with E-state index in [1.807, 2.05) is 41.9 Å². The van der Waals surface area contributed by atoms with Gasteiger partial charge in [0.2, 0.25) is 5.91 Å². The number of amides is 1. The van der Waals surface area contributed by atoms with Gasteiger partial charge in [0.1, 0.15) is 0 Å². The van der Waals surface area contributed by atoms with Crippen LogP contribution in [0.3, 0.4) is 0 Å². The second-order valence-corrected chi connectivity index (χ2v) is 6.23. The molecule has 0 bridgehead atoms. The van der Waals surface area contributed by atoms with Crippen molar-refractivity contribution in [1.29, 1.82) is 0 Å². The second kappa shape index (κ2) is 6.30. The summed E-state index contributed by atoms with van der Waals surface area (Å²) in [4.78, 5) is 11.6. The Kier molecular flexibility index (Phi) is 4.24. The molecule has 1 heterocycles. The number of aromatic nitrogens is 3. The lowest BCUT2D eigenvalue weighted by Crippen LogP contribution is -2.25. The molecule has 1 aromatic heterocycles. The molecular formula is C15H18N4OS. The Labute approximate surface area is 128 Å². The second-order valence-electron chi connectivity index (χ2n) is 5.17. The molecule has 1 aliphatic rings. The van der Waals surface area contributed by atoms with E-state index in [0.29, 0.717) is 12.5 Å². The van der Waals surface area contributed by atoms with Gasteiger partial charge in [0, 0.05) is 30.8 Å². The van der Waals surface area contributed by atoms with Gasteiger partial charge in [-0.1, -0.05) is 42.1 Å². The molecule has 1 aromatic carbocycles. The fourth-order valence-corrected chi connectivity index (χ4v) is 2.89. The van der Waals surface area contributed by atoms with Crippen LogP contribution in [0, 0.1) is 0 Å². The number of carbonyl (C=O) groups is 1. The minimum atomic E-state index is 0.135. The van der Waals surface area contributed by atoms with Crippen molar-refractivity contribution in [1.82, 2.24) is 20.1 Å². The Hall–Kier alpha value is -1.82. The third kappa shape index (κ3) is 3.64. The summed E-state index contributed by atoms with van der Waals surface area (Å²) in [5.41, 5.74) is 1.05. The molecule has 0 radical (unpaired) electrons. The maximum absolute atomic E-state index is 11.6. The molecule has 0 spiro atoms. The number of hydrogen-bond donors (Lipinski definition) is 1. The highest BCUT2D eigenvalue weighted by atomic mass is 32.2. The van der Waals surface area contributed by atoms with Crippen LogP contribution in [0.1, 0.15) is 19.3 Å². The van der Waals surface area contributed by atoms with Crippen LogP contribution in [0.25, 0.3) is 11.4 Å². The van der Waals surface area contributed by atoms with Crippen molar-refractivity contribution in [3.05, 3.63) is 30.3 Å².